The van der Waals surface area contributed by atoms with Crippen LogP contribution in [0.4, 0.5) is 4.79 Å². The van der Waals surface area contributed by atoms with E-state index in [0.717, 1.165) is 22.3 Å². The molecule has 4 rings (SSSR count). The molecule has 1 fully saturated rings. The third-order valence-electron chi connectivity index (χ3n) is 6.10. The van der Waals surface area contributed by atoms with Gasteiger partial charge in [0.15, 0.2) is 11.5 Å². The molecule has 200 valence electrons. The number of carbonyl (C=O) groups is 3. The van der Waals surface area contributed by atoms with Crippen LogP contribution in [0.2, 0.25) is 0 Å². The van der Waals surface area contributed by atoms with Gasteiger partial charge in [0.1, 0.15) is 12.3 Å². The summed E-state index contributed by atoms with van der Waals surface area (Å²) in [6, 6.07) is 17.3. The van der Waals surface area contributed by atoms with Crippen molar-refractivity contribution in [2.24, 2.45) is 0 Å². The number of nitrogens with zero attached hydrogens (tertiary/aromatic N) is 1. The third kappa shape index (κ3) is 6.54. The molecule has 0 saturated carbocycles. The zero-order valence-corrected chi connectivity index (χ0v) is 21.9. The average molecular weight is 527 g/mol. The van der Waals surface area contributed by atoms with Crippen LogP contribution in [-0.2, 0) is 24.4 Å². The van der Waals surface area contributed by atoms with Crippen LogP contribution in [-0.4, -0.2) is 34.5 Å². The number of carboxylic acids is 1. The van der Waals surface area contributed by atoms with Gasteiger partial charge in [-0.25, -0.2) is 9.59 Å². The lowest BCUT2D eigenvalue weighted by atomic mass is 10.0. The second kappa shape index (κ2) is 12.1. The Balaban J connectivity index is 1.59. The van der Waals surface area contributed by atoms with Crippen molar-refractivity contribution >= 4 is 24.0 Å². The molecule has 0 spiro atoms. The fourth-order valence-electron chi connectivity index (χ4n) is 4.27. The topological polar surface area (TPSA) is 105 Å². The van der Waals surface area contributed by atoms with Crippen LogP contribution in [0, 0.1) is 6.92 Å². The second-order valence-corrected chi connectivity index (χ2v) is 9.09. The summed E-state index contributed by atoms with van der Waals surface area (Å²) in [5.41, 5.74) is 4.54. The standard InChI is InChI=1S/C31H30N2O6/c1-4-7-25-15-23(16-26-29(34)33(31(37)32-26)18-22-9-6-8-20(3)14-22)17-27(38-5-2)28(25)39-19-21-10-12-24(13-11-21)30(35)36/h4,6,8-17H,1,5,7,18-19H2,2-3H3,(H,32,37)(H,35,36)/b26-16+. The minimum absolute atomic E-state index is 0.173. The smallest absolute Gasteiger partial charge is 0.335 e. The largest absolute Gasteiger partial charge is 0.490 e. The SMILES string of the molecule is C=CCc1cc(/C=C2/NC(=O)N(Cc3cccc(C)c3)C2=O)cc(OCC)c1OCc1ccc(C(=O)O)cc1. The highest BCUT2D eigenvalue weighted by Crippen LogP contribution is 2.35. The first kappa shape index (κ1) is 27.2. The Morgan fingerprint density at radius 3 is 2.49 bits per heavy atom. The Hall–Kier alpha value is -4.85. The molecule has 0 unspecified atom stereocenters. The second-order valence-electron chi connectivity index (χ2n) is 9.09. The summed E-state index contributed by atoms with van der Waals surface area (Å²) >= 11 is 0. The van der Waals surface area contributed by atoms with Crippen molar-refractivity contribution in [1.29, 1.82) is 0 Å². The first-order chi connectivity index (χ1) is 18.8. The van der Waals surface area contributed by atoms with Gasteiger partial charge in [-0.05, 0) is 67.3 Å². The maximum absolute atomic E-state index is 13.1. The van der Waals surface area contributed by atoms with Crippen LogP contribution in [0.5, 0.6) is 11.5 Å². The highest BCUT2D eigenvalue weighted by molar-refractivity contribution is 6.13. The lowest BCUT2D eigenvalue weighted by Gasteiger charge is -2.17. The van der Waals surface area contributed by atoms with Crippen LogP contribution >= 0.6 is 0 Å². The van der Waals surface area contributed by atoms with E-state index < -0.39 is 17.9 Å². The number of ether oxygens (including phenoxy) is 2. The van der Waals surface area contributed by atoms with E-state index in [1.54, 1.807) is 30.4 Å². The number of aromatic carboxylic acids is 1. The van der Waals surface area contributed by atoms with E-state index in [2.05, 4.69) is 11.9 Å². The Morgan fingerprint density at radius 1 is 1.05 bits per heavy atom. The van der Waals surface area contributed by atoms with E-state index in [0.29, 0.717) is 30.1 Å². The van der Waals surface area contributed by atoms with E-state index in [1.807, 2.05) is 44.2 Å². The normalized spacial score (nSPS) is 13.9. The molecule has 2 N–H and O–H groups in total. The summed E-state index contributed by atoms with van der Waals surface area (Å²) in [6.45, 7) is 8.42. The van der Waals surface area contributed by atoms with Gasteiger partial charge in [0.2, 0.25) is 0 Å². The van der Waals surface area contributed by atoms with E-state index in [1.165, 1.54) is 17.0 Å². The molecular weight excluding hydrogens is 496 g/mol. The lowest BCUT2D eigenvalue weighted by molar-refractivity contribution is -0.123. The lowest BCUT2D eigenvalue weighted by Crippen LogP contribution is -2.30. The van der Waals surface area contributed by atoms with Gasteiger partial charge < -0.3 is 19.9 Å². The summed E-state index contributed by atoms with van der Waals surface area (Å²) in [5, 5.41) is 11.8. The molecule has 0 aliphatic carbocycles. The van der Waals surface area contributed by atoms with Gasteiger partial charge in [-0.1, -0.05) is 48.0 Å². The monoisotopic (exact) mass is 526 g/mol. The summed E-state index contributed by atoms with van der Waals surface area (Å²) in [5.74, 6) is -0.382. The summed E-state index contributed by atoms with van der Waals surface area (Å²) < 4.78 is 12.0. The van der Waals surface area contributed by atoms with E-state index in [9.17, 15) is 14.4 Å². The van der Waals surface area contributed by atoms with E-state index in [4.69, 9.17) is 14.6 Å². The van der Waals surface area contributed by atoms with Crippen LogP contribution < -0.4 is 14.8 Å². The number of hydrogen-bond donors (Lipinski definition) is 2. The number of amides is 3. The molecule has 0 bridgehead atoms. The first-order valence-electron chi connectivity index (χ1n) is 12.5. The van der Waals surface area contributed by atoms with Crippen LogP contribution in [0.3, 0.4) is 0 Å². The maximum Gasteiger partial charge on any atom is 0.335 e. The number of rotatable bonds is 11. The van der Waals surface area contributed by atoms with Gasteiger partial charge in [0.05, 0.1) is 18.7 Å². The predicted octanol–water partition coefficient (Wildman–Crippen LogP) is 5.49. The summed E-state index contributed by atoms with van der Waals surface area (Å²) in [6.07, 6.45) is 3.84. The van der Waals surface area contributed by atoms with Crippen molar-refractivity contribution < 1.29 is 29.0 Å². The molecule has 0 atom stereocenters. The fourth-order valence-corrected chi connectivity index (χ4v) is 4.27. The minimum atomic E-state index is -0.991. The molecule has 8 nitrogen and oxygen atoms in total. The molecule has 0 aromatic heterocycles. The van der Waals surface area contributed by atoms with Gasteiger partial charge in [-0.15, -0.1) is 6.58 Å². The highest BCUT2D eigenvalue weighted by atomic mass is 16.5. The Morgan fingerprint density at radius 2 is 1.82 bits per heavy atom. The Labute approximate surface area is 227 Å². The number of nitrogens with one attached hydrogen (secondary N) is 1. The maximum atomic E-state index is 13.1. The molecule has 3 aromatic rings. The fraction of sp³-hybridized carbons (Fsp3) is 0.194. The number of carboxylic acid groups (broad SMARTS) is 1. The number of allylic oxidation sites excluding steroid dienone is 1. The Kier molecular flexibility index (Phi) is 8.46. The number of carbonyl (C=O) groups excluding carboxylic acids is 2. The van der Waals surface area contributed by atoms with E-state index >= 15 is 0 Å². The average Bonchev–Trinajstić information content (AvgIpc) is 3.16. The van der Waals surface area contributed by atoms with Crippen molar-refractivity contribution in [3.63, 3.8) is 0 Å². The molecule has 0 radical (unpaired) electrons. The summed E-state index contributed by atoms with van der Waals surface area (Å²) in [7, 11) is 0. The zero-order chi connectivity index (χ0) is 27.9. The number of benzene rings is 3. The quantitative estimate of drug-likeness (QED) is 0.194. The number of aryl methyl sites for hydroxylation is 1. The molecule has 1 saturated heterocycles. The predicted molar refractivity (Wildman–Crippen MR) is 147 cm³/mol. The van der Waals surface area contributed by atoms with Crippen molar-refractivity contribution in [3.05, 3.63) is 112 Å². The van der Waals surface area contributed by atoms with Gasteiger partial charge >= 0.3 is 12.0 Å². The van der Waals surface area contributed by atoms with Crippen LogP contribution in [0.1, 0.15) is 45.1 Å². The van der Waals surface area contributed by atoms with Gasteiger partial charge in [-0.2, -0.15) is 0 Å². The molecular formula is C31H30N2O6. The first-order valence-corrected chi connectivity index (χ1v) is 12.5. The molecule has 3 amide bonds. The van der Waals surface area contributed by atoms with Crippen molar-refractivity contribution in [3.8, 4) is 11.5 Å². The number of urea groups is 1. The molecule has 3 aromatic carbocycles. The van der Waals surface area contributed by atoms with Crippen LogP contribution in [0.15, 0.2) is 79.0 Å². The van der Waals surface area contributed by atoms with Gasteiger partial charge in [0, 0.05) is 5.56 Å². The van der Waals surface area contributed by atoms with Crippen molar-refractivity contribution in [2.75, 3.05) is 6.61 Å². The molecule has 1 aliphatic rings. The summed E-state index contributed by atoms with van der Waals surface area (Å²) in [4.78, 5) is 38.0. The van der Waals surface area contributed by atoms with Crippen LogP contribution in [0.25, 0.3) is 6.08 Å². The Bertz CT molecular complexity index is 1440. The third-order valence-corrected chi connectivity index (χ3v) is 6.10. The van der Waals surface area contributed by atoms with Gasteiger partial charge in [-0.3, -0.25) is 9.69 Å². The highest BCUT2D eigenvalue weighted by Gasteiger charge is 2.33. The molecule has 1 heterocycles. The number of imide groups is 1. The zero-order valence-electron chi connectivity index (χ0n) is 21.9. The molecule has 39 heavy (non-hydrogen) atoms. The van der Waals surface area contributed by atoms with Crippen molar-refractivity contribution in [2.45, 2.75) is 33.4 Å². The number of hydrogen-bond acceptors (Lipinski definition) is 5. The van der Waals surface area contributed by atoms with Crippen molar-refractivity contribution in [1.82, 2.24) is 10.2 Å². The van der Waals surface area contributed by atoms with Gasteiger partial charge in [0.25, 0.3) is 5.91 Å². The molecule has 1 aliphatic heterocycles. The molecule has 8 heteroatoms. The minimum Gasteiger partial charge on any atom is -0.490 e. The van der Waals surface area contributed by atoms with E-state index in [-0.39, 0.29) is 24.4 Å².